The van der Waals surface area contributed by atoms with E-state index < -0.39 is 6.16 Å². The topological polar surface area (TPSA) is 109 Å². The molecule has 1 saturated heterocycles. The Balaban J connectivity index is 1.51. The van der Waals surface area contributed by atoms with Gasteiger partial charge in [0.1, 0.15) is 18.1 Å². The molecule has 0 aliphatic carbocycles. The number of hydroxylamine groups is 2. The summed E-state index contributed by atoms with van der Waals surface area (Å²) in [5, 5.41) is 31.4. The number of rotatable bonds is 8. The van der Waals surface area contributed by atoms with Gasteiger partial charge in [-0.25, -0.2) is 4.79 Å². The van der Waals surface area contributed by atoms with E-state index in [1.165, 1.54) is 5.06 Å². The fraction of sp³-hybridized carbons (Fsp3) is 0.320. The average Bonchev–Trinajstić information content (AvgIpc) is 2.82. The molecule has 33 heavy (non-hydrogen) atoms. The fourth-order valence-corrected chi connectivity index (χ4v) is 4.24. The molecule has 1 heterocycles. The third-order valence-corrected chi connectivity index (χ3v) is 5.76. The Hall–Kier alpha value is -3.33. The van der Waals surface area contributed by atoms with Crippen LogP contribution in [0, 0.1) is 0 Å². The number of hydrogen-bond donors (Lipinski definition) is 3. The quantitative estimate of drug-likeness (QED) is 0.471. The highest BCUT2D eigenvalue weighted by Gasteiger charge is 2.33. The number of aromatic hydroxyl groups is 1. The summed E-state index contributed by atoms with van der Waals surface area (Å²) in [4.78, 5) is 15.9. The van der Waals surface area contributed by atoms with Gasteiger partial charge in [-0.2, -0.15) is 0 Å². The second-order valence-corrected chi connectivity index (χ2v) is 7.97. The van der Waals surface area contributed by atoms with Crippen LogP contribution in [0.3, 0.4) is 0 Å². The van der Waals surface area contributed by atoms with Crippen LogP contribution in [0.4, 0.5) is 4.79 Å². The van der Waals surface area contributed by atoms with Crippen LogP contribution in [-0.2, 0) is 16.2 Å². The van der Waals surface area contributed by atoms with Gasteiger partial charge in [-0.15, -0.1) is 5.06 Å². The number of phenolic OH excluding ortho intramolecular Hbond substituents is 1. The van der Waals surface area contributed by atoms with E-state index in [9.17, 15) is 9.90 Å². The smallest absolute Gasteiger partial charge is 0.507 e. The Morgan fingerprint density at radius 1 is 1.09 bits per heavy atom. The molecule has 0 bridgehead atoms. The van der Waals surface area contributed by atoms with Crippen molar-refractivity contribution in [1.29, 1.82) is 0 Å². The number of phenols is 1. The molecular weight excluding hydrogens is 426 g/mol. The maximum Gasteiger partial charge on any atom is 0.525 e. The molecule has 0 amide bonds. The summed E-state index contributed by atoms with van der Waals surface area (Å²) >= 11 is 0. The first-order chi connectivity index (χ1) is 16.0. The number of carboxylic acid groups (broad SMARTS) is 1. The molecule has 8 nitrogen and oxygen atoms in total. The van der Waals surface area contributed by atoms with Crippen LogP contribution in [0.25, 0.3) is 10.8 Å². The number of fused-ring (bicyclic) bond motifs is 1. The van der Waals surface area contributed by atoms with Crippen LogP contribution < -0.4 is 4.74 Å². The lowest BCUT2D eigenvalue weighted by atomic mass is 9.87. The molecule has 4 rings (SSSR count). The Labute approximate surface area is 191 Å². The van der Waals surface area contributed by atoms with Crippen molar-refractivity contribution in [2.45, 2.75) is 25.0 Å². The van der Waals surface area contributed by atoms with E-state index >= 15 is 0 Å². The summed E-state index contributed by atoms with van der Waals surface area (Å²) in [6.07, 6.45) is -1.02. The second kappa shape index (κ2) is 10.5. The maximum absolute atomic E-state index is 11.0. The van der Waals surface area contributed by atoms with Crippen LogP contribution in [0.1, 0.15) is 23.5 Å². The van der Waals surface area contributed by atoms with Crippen LogP contribution in [0.2, 0.25) is 0 Å². The summed E-state index contributed by atoms with van der Waals surface area (Å²) in [5.41, 5.74) is 1.88. The normalized spacial score (nSPS) is 18.8. The lowest BCUT2D eigenvalue weighted by molar-refractivity contribution is -0.166. The highest BCUT2D eigenvalue weighted by molar-refractivity contribution is 5.88. The number of aliphatic hydroxyl groups excluding tert-OH is 1. The lowest BCUT2D eigenvalue weighted by Crippen LogP contribution is -2.44. The minimum Gasteiger partial charge on any atom is -0.507 e. The molecule has 174 valence electrons. The minimum atomic E-state index is -1.35. The molecule has 2 atom stereocenters. The van der Waals surface area contributed by atoms with Crippen LogP contribution in [0.15, 0.2) is 60.7 Å². The van der Waals surface area contributed by atoms with Crippen LogP contribution >= 0.6 is 0 Å². The Bertz CT molecular complexity index is 1090. The van der Waals surface area contributed by atoms with E-state index in [4.69, 9.17) is 24.5 Å². The molecule has 1 aliphatic rings. The number of ether oxygens (including phenoxy) is 2. The van der Waals surface area contributed by atoms with Gasteiger partial charge in [0.2, 0.25) is 0 Å². The monoisotopic (exact) mass is 453 g/mol. The lowest BCUT2D eigenvalue weighted by Gasteiger charge is -2.37. The predicted molar refractivity (Wildman–Crippen MR) is 121 cm³/mol. The molecule has 3 N–H and O–H groups in total. The van der Waals surface area contributed by atoms with Crippen LogP contribution in [0.5, 0.6) is 11.5 Å². The van der Waals surface area contributed by atoms with E-state index in [2.05, 4.69) is 0 Å². The molecule has 1 fully saturated rings. The summed E-state index contributed by atoms with van der Waals surface area (Å²) in [6, 6.07) is 18.9. The van der Waals surface area contributed by atoms with Gasteiger partial charge in [-0.3, -0.25) is 0 Å². The minimum absolute atomic E-state index is 0.0274. The molecule has 0 saturated carbocycles. The van der Waals surface area contributed by atoms with Gasteiger partial charge in [0.25, 0.3) is 0 Å². The highest BCUT2D eigenvalue weighted by Crippen LogP contribution is 2.33. The summed E-state index contributed by atoms with van der Waals surface area (Å²) in [6.45, 7) is 1.19. The molecule has 8 heteroatoms. The number of nitrogens with zero attached hydrogens (tertiary/aromatic N) is 1. The second-order valence-electron chi connectivity index (χ2n) is 7.97. The first-order valence-corrected chi connectivity index (χ1v) is 10.8. The van der Waals surface area contributed by atoms with E-state index in [-0.39, 0.29) is 37.6 Å². The number of carbonyl (C=O) groups is 1. The first-order valence-electron chi connectivity index (χ1n) is 10.8. The summed E-state index contributed by atoms with van der Waals surface area (Å²) in [5.74, 6) is 0.893. The van der Waals surface area contributed by atoms with Crippen LogP contribution in [-0.4, -0.2) is 58.9 Å². The summed E-state index contributed by atoms with van der Waals surface area (Å²) < 4.78 is 11.7. The van der Waals surface area contributed by atoms with Crippen molar-refractivity contribution in [1.82, 2.24) is 5.06 Å². The third-order valence-electron chi connectivity index (χ3n) is 5.76. The van der Waals surface area contributed by atoms with Crippen molar-refractivity contribution in [2.24, 2.45) is 0 Å². The van der Waals surface area contributed by atoms with E-state index in [1.54, 1.807) is 6.07 Å². The fourth-order valence-electron chi connectivity index (χ4n) is 4.24. The van der Waals surface area contributed by atoms with Crippen molar-refractivity contribution in [2.75, 3.05) is 26.3 Å². The number of aliphatic hydroxyl groups is 1. The van der Waals surface area contributed by atoms with Crippen molar-refractivity contribution in [3.8, 4) is 11.5 Å². The van der Waals surface area contributed by atoms with Gasteiger partial charge in [0.15, 0.2) is 0 Å². The molecule has 0 spiro atoms. The van der Waals surface area contributed by atoms with Gasteiger partial charge in [-0.1, -0.05) is 36.4 Å². The van der Waals surface area contributed by atoms with E-state index in [1.807, 2.05) is 54.6 Å². The van der Waals surface area contributed by atoms with Gasteiger partial charge in [0, 0.05) is 17.8 Å². The number of benzene rings is 3. The summed E-state index contributed by atoms with van der Waals surface area (Å²) in [7, 11) is 0. The molecule has 2 unspecified atom stereocenters. The SMILES string of the molecule is O=C(O)ON1CCC(c2ccc(OCCO)cc2)C(OCc2cc(O)c3ccccc3c2)C1. The van der Waals surface area contributed by atoms with Gasteiger partial charge in [0.05, 0.1) is 25.9 Å². The molecule has 0 radical (unpaired) electrons. The number of hydrogen-bond acceptors (Lipinski definition) is 7. The maximum atomic E-state index is 11.0. The molecule has 3 aromatic rings. The van der Waals surface area contributed by atoms with Crippen molar-refractivity contribution >= 4 is 16.9 Å². The van der Waals surface area contributed by atoms with Gasteiger partial charge in [-0.05, 0) is 47.2 Å². The zero-order chi connectivity index (χ0) is 23.2. The molecule has 1 aliphatic heterocycles. The zero-order valence-corrected chi connectivity index (χ0v) is 18.1. The largest absolute Gasteiger partial charge is 0.525 e. The number of piperidine rings is 1. The van der Waals surface area contributed by atoms with Gasteiger partial charge >= 0.3 is 6.16 Å². The Morgan fingerprint density at radius 3 is 2.64 bits per heavy atom. The Morgan fingerprint density at radius 2 is 1.88 bits per heavy atom. The predicted octanol–water partition coefficient (Wildman–Crippen LogP) is 3.90. The van der Waals surface area contributed by atoms with Crippen molar-refractivity contribution in [3.05, 3.63) is 71.8 Å². The Kier molecular flexibility index (Phi) is 7.29. The molecular formula is C25H27NO7. The van der Waals surface area contributed by atoms with E-state index in [0.29, 0.717) is 25.3 Å². The van der Waals surface area contributed by atoms with Crippen molar-refractivity contribution in [3.63, 3.8) is 0 Å². The zero-order valence-electron chi connectivity index (χ0n) is 18.1. The highest BCUT2D eigenvalue weighted by atomic mass is 16.8. The van der Waals surface area contributed by atoms with E-state index in [0.717, 1.165) is 21.9 Å². The first kappa shape index (κ1) is 22.8. The van der Waals surface area contributed by atoms with Crippen molar-refractivity contribution < 1.29 is 34.4 Å². The average molecular weight is 453 g/mol. The molecule has 0 aromatic heterocycles. The van der Waals surface area contributed by atoms with Gasteiger partial charge < -0.3 is 29.6 Å². The molecule has 3 aromatic carbocycles. The third kappa shape index (κ3) is 5.73. The standard InChI is InChI=1S/C25H27NO7/c27-11-12-31-20-7-5-18(6-8-20)22-9-10-26(33-25(29)30)15-24(22)32-16-17-13-19-3-1-2-4-21(19)23(28)14-17/h1-8,13-14,22,24,27-28H,9-12,15-16H2,(H,29,30).